The molecule has 0 unspecified atom stereocenters. The molecule has 1 fully saturated rings. The van der Waals surface area contributed by atoms with Crippen molar-refractivity contribution in [1.82, 2.24) is 15.0 Å². The van der Waals surface area contributed by atoms with Gasteiger partial charge in [-0.15, -0.1) is 11.3 Å². The number of thiophene rings is 1. The highest BCUT2D eigenvalue weighted by Crippen LogP contribution is 2.32. The molecule has 3 aromatic rings. The topological polar surface area (TPSA) is 59.2 Å². The monoisotopic (exact) mass is 339 g/mol. The molecule has 0 bridgehead atoms. The van der Waals surface area contributed by atoms with Crippen molar-refractivity contribution in [3.63, 3.8) is 0 Å². The summed E-state index contributed by atoms with van der Waals surface area (Å²) in [6, 6.07) is 13.3. The van der Waals surface area contributed by atoms with E-state index in [9.17, 15) is 4.79 Å². The zero-order valence-corrected chi connectivity index (χ0v) is 13.9. The molecule has 122 valence electrons. The first-order chi connectivity index (χ1) is 11.8. The number of likely N-dealkylation sites (tertiary alicyclic amines) is 1. The highest BCUT2D eigenvalue weighted by molar-refractivity contribution is 7.09. The number of benzene rings is 1. The Labute approximate surface area is 143 Å². The summed E-state index contributed by atoms with van der Waals surface area (Å²) >= 11 is 1.68. The zero-order valence-electron chi connectivity index (χ0n) is 13.1. The van der Waals surface area contributed by atoms with E-state index in [1.165, 1.54) is 4.88 Å². The van der Waals surface area contributed by atoms with Crippen molar-refractivity contribution >= 4 is 17.2 Å². The van der Waals surface area contributed by atoms with Gasteiger partial charge in [-0.25, -0.2) is 0 Å². The van der Waals surface area contributed by atoms with Gasteiger partial charge in [0.2, 0.25) is 5.89 Å². The second-order valence-corrected chi connectivity index (χ2v) is 6.86. The molecule has 4 rings (SSSR count). The van der Waals surface area contributed by atoms with Gasteiger partial charge in [-0.3, -0.25) is 4.79 Å². The molecule has 0 N–H and O–H groups in total. The van der Waals surface area contributed by atoms with Crippen LogP contribution in [-0.4, -0.2) is 27.5 Å². The van der Waals surface area contributed by atoms with E-state index in [1.807, 2.05) is 46.7 Å². The SMILES string of the molecule is O=C(c1ccccc1)N1CCC[C@H]1c1nc(Cc2cccs2)no1. The standard InChI is InChI=1S/C18H17N3O2S/c22-18(13-6-2-1-3-7-13)21-10-4-9-15(21)17-19-16(20-23-17)12-14-8-5-11-24-14/h1-3,5-8,11,15H,4,9-10,12H2/t15-/m0/s1. The molecule has 0 radical (unpaired) electrons. The van der Waals surface area contributed by atoms with Crippen molar-refractivity contribution in [2.24, 2.45) is 0 Å². The zero-order chi connectivity index (χ0) is 16.4. The van der Waals surface area contributed by atoms with Crippen LogP contribution in [0.4, 0.5) is 0 Å². The quantitative estimate of drug-likeness (QED) is 0.727. The molecule has 5 nitrogen and oxygen atoms in total. The van der Waals surface area contributed by atoms with Gasteiger partial charge >= 0.3 is 0 Å². The van der Waals surface area contributed by atoms with Crippen LogP contribution in [0.15, 0.2) is 52.4 Å². The molecule has 0 spiro atoms. The molecule has 0 aliphatic carbocycles. The largest absolute Gasteiger partial charge is 0.337 e. The van der Waals surface area contributed by atoms with Crippen LogP contribution in [0.5, 0.6) is 0 Å². The van der Waals surface area contributed by atoms with Gasteiger partial charge in [0, 0.05) is 23.4 Å². The van der Waals surface area contributed by atoms with Gasteiger partial charge in [0.15, 0.2) is 5.82 Å². The van der Waals surface area contributed by atoms with E-state index < -0.39 is 0 Å². The molecule has 3 heterocycles. The lowest BCUT2D eigenvalue weighted by molar-refractivity contribution is 0.0710. The van der Waals surface area contributed by atoms with Gasteiger partial charge in [0.1, 0.15) is 6.04 Å². The predicted molar refractivity (Wildman–Crippen MR) is 90.9 cm³/mol. The number of hydrogen-bond donors (Lipinski definition) is 0. The van der Waals surface area contributed by atoms with E-state index >= 15 is 0 Å². The lowest BCUT2D eigenvalue weighted by Gasteiger charge is -2.21. The minimum atomic E-state index is -0.123. The maximum atomic E-state index is 12.7. The number of rotatable bonds is 4. The van der Waals surface area contributed by atoms with Gasteiger partial charge in [-0.2, -0.15) is 4.98 Å². The summed E-state index contributed by atoms with van der Waals surface area (Å²) in [5.41, 5.74) is 0.697. The molecule has 1 atom stereocenters. The van der Waals surface area contributed by atoms with E-state index in [4.69, 9.17) is 4.52 Å². The van der Waals surface area contributed by atoms with Crippen LogP contribution in [0.1, 0.15) is 45.8 Å². The summed E-state index contributed by atoms with van der Waals surface area (Å²) in [4.78, 5) is 20.3. The maximum absolute atomic E-state index is 12.7. The van der Waals surface area contributed by atoms with Crippen molar-refractivity contribution in [2.45, 2.75) is 25.3 Å². The van der Waals surface area contributed by atoms with Crippen LogP contribution >= 0.6 is 11.3 Å². The second kappa shape index (κ2) is 6.57. The molecule has 1 aromatic carbocycles. The van der Waals surface area contributed by atoms with Crippen LogP contribution in [-0.2, 0) is 6.42 Å². The molecule has 1 saturated heterocycles. The Morgan fingerprint density at radius 2 is 2.12 bits per heavy atom. The fourth-order valence-electron chi connectivity index (χ4n) is 3.06. The Kier molecular flexibility index (Phi) is 4.13. The normalized spacial score (nSPS) is 17.3. The molecule has 6 heteroatoms. The van der Waals surface area contributed by atoms with Crippen LogP contribution < -0.4 is 0 Å². The fraction of sp³-hybridized carbons (Fsp3) is 0.278. The van der Waals surface area contributed by atoms with Crippen molar-refractivity contribution in [1.29, 1.82) is 0 Å². The van der Waals surface area contributed by atoms with Crippen molar-refractivity contribution in [2.75, 3.05) is 6.54 Å². The molecular formula is C18H17N3O2S. The summed E-state index contributed by atoms with van der Waals surface area (Å²) in [7, 11) is 0. The van der Waals surface area contributed by atoms with Crippen molar-refractivity contribution < 1.29 is 9.32 Å². The van der Waals surface area contributed by atoms with E-state index in [1.54, 1.807) is 11.3 Å². The Hall–Kier alpha value is -2.47. The number of amides is 1. The molecule has 1 aliphatic rings. The summed E-state index contributed by atoms with van der Waals surface area (Å²) in [5, 5.41) is 6.12. The third kappa shape index (κ3) is 2.97. The van der Waals surface area contributed by atoms with E-state index in [0.29, 0.717) is 23.7 Å². The van der Waals surface area contributed by atoms with Gasteiger partial charge in [-0.05, 0) is 36.4 Å². The number of aromatic nitrogens is 2. The van der Waals surface area contributed by atoms with Gasteiger partial charge < -0.3 is 9.42 Å². The molecule has 24 heavy (non-hydrogen) atoms. The average molecular weight is 339 g/mol. The lowest BCUT2D eigenvalue weighted by Crippen LogP contribution is -2.30. The van der Waals surface area contributed by atoms with Gasteiger partial charge in [0.05, 0.1) is 0 Å². The minimum Gasteiger partial charge on any atom is -0.337 e. The van der Waals surface area contributed by atoms with E-state index in [0.717, 1.165) is 19.4 Å². The summed E-state index contributed by atoms with van der Waals surface area (Å²) in [6.45, 7) is 0.723. The van der Waals surface area contributed by atoms with E-state index in [2.05, 4.69) is 16.2 Å². The number of carbonyl (C=O) groups excluding carboxylic acids is 1. The van der Waals surface area contributed by atoms with Gasteiger partial charge in [0.25, 0.3) is 5.91 Å². The van der Waals surface area contributed by atoms with Crippen LogP contribution in [0.25, 0.3) is 0 Å². The van der Waals surface area contributed by atoms with Crippen LogP contribution in [0.2, 0.25) is 0 Å². The van der Waals surface area contributed by atoms with Crippen molar-refractivity contribution in [3.05, 3.63) is 70.0 Å². The van der Waals surface area contributed by atoms with E-state index in [-0.39, 0.29) is 11.9 Å². The predicted octanol–water partition coefficient (Wildman–Crippen LogP) is 3.70. The first-order valence-corrected chi connectivity index (χ1v) is 8.90. The summed E-state index contributed by atoms with van der Waals surface area (Å²) in [6.07, 6.45) is 2.48. The smallest absolute Gasteiger partial charge is 0.254 e. The first-order valence-electron chi connectivity index (χ1n) is 8.02. The lowest BCUT2D eigenvalue weighted by atomic mass is 10.1. The number of carbonyl (C=O) groups is 1. The molecule has 1 amide bonds. The number of hydrogen-bond acceptors (Lipinski definition) is 5. The Morgan fingerprint density at radius 3 is 2.92 bits per heavy atom. The highest BCUT2D eigenvalue weighted by Gasteiger charge is 2.34. The van der Waals surface area contributed by atoms with Crippen LogP contribution in [0.3, 0.4) is 0 Å². The summed E-state index contributed by atoms with van der Waals surface area (Å²) < 4.78 is 5.46. The minimum absolute atomic E-state index is 0.0242. The summed E-state index contributed by atoms with van der Waals surface area (Å²) in [5.74, 6) is 1.24. The maximum Gasteiger partial charge on any atom is 0.254 e. The molecule has 0 saturated carbocycles. The highest BCUT2D eigenvalue weighted by atomic mass is 32.1. The Morgan fingerprint density at radius 1 is 1.25 bits per heavy atom. The van der Waals surface area contributed by atoms with Crippen LogP contribution in [0, 0.1) is 0 Å². The fourth-order valence-corrected chi connectivity index (χ4v) is 3.76. The molecule has 1 aliphatic heterocycles. The number of nitrogens with zero attached hydrogens (tertiary/aromatic N) is 3. The Balaban J connectivity index is 1.53. The van der Waals surface area contributed by atoms with Crippen molar-refractivity contribution in [3.8, 4) is 0 Å². The Bertz CT molecular complexity index is 814. The van der Waals surface area contributed by atoms with Gasteiger partial charge in [-0.1, -0.05) is 29.4 Å². The second-order valence-electron chi connectivity index (χ2n) is 5.83. The third-order valence-electron chi connectivity index (χ3n) is 4.22. The molecular weight excluding hydrogens is 322 g/mol. The average Bonchev–Trinajstić information content (AvgIpc) is 3.36. The first kappa shape index (κ1) is 15.1. The molecule has 2 aromatic heterocycles. The third-order valence-corrected chi connectivity index (χ3v) is 5.09.